The molecule has 0 saturated carbocycles. The van der Waals surface area contributed by atoms with E-state index in [4.69, 9.17) is 16.6 Å². The Labute approximate surface area is 189 Å². The lowest BCUT2D eigenvalue weighted by Gasteiger charge is -2.17. The van der Waals surface area contributed by atoms with E-state index in [1.165, 1.54) is 27.4 Å². The minimum Gasteiger partial charge on any atom is -0.334 e. The zero-order valence-corrected chi connectivity index (χ0v) is 19.2. The normalized spacial score (nSPS) is 11.7. The van der Waals surface area contributed by atoms with Crippen LogP contribution in [0.25, 0.3) is 21.8 Å². The zero-order valence-electron chi connectivity index (χ0n) is 18.4. The molecule has 0 saturated heterocycles. The Kier molecular flexibility index (Phi) is 7.23. The summed E-state index contributed by atoms with van der Waals surface area (Å²) in [6.45, 7) is 10.4. The molecular weight excluding hydrogens is 404 g/mol. The van der Waals surface area contributed by atoms with Crippen molar-refractivity contribution in [3.05, 3.63) is 77.1 Å². The number of halogens is 1. The molecule has 1 N–H and O–H groups in total. The Morgan fingerprint density at radius 1 is 0.968 bits per heavy atom. The predicted octanol–water partition coefficient (Wildman–Crippen LogP) is 5.71. The average Bonchev–Trinajstić information content (AvgIpc) is 3.12. The minimum absolute atomic E-state index is 0.766. The number of hydrogen-bond acceptors (Lipinski definition) is 3. The molecule has 0 spiro atoms. The highest BCUT2D eigenvalue weighted by Gasteiger charge is 2.15. The molecule has 0 fully saturated rings. The molecule has 2 heterocycles. The molecule has 2 aromatic heterocycles. The van der Waals surface area contributed by atoms with Crippen molar-refractivity contribution in [1.29, 1.82) is 0 Å². The Morgan fingerprint density at radius 3 is 2.52 bits per heavy atom. The fourth-order valence-electron chi connectivity index (χ4n) is 4.31. The number of para-hydroxylation sites is 1. The van der Waals surface area contributed by atoms with E-state index in [0.29, 0.717) is 0 Å². The van der Waals surface area contributed by atoms with Gasteiger partial charge in [0.05, 0.1) is 11.2 Å². The Bertz CT molecular complexity index is 1130. The molecule has 162 valence electrons. The maximum atomic E-state index is 6.10. The van der Waals surface area contributed by atoms with Crippen LogP contribution in [-0.2, 0) is 13.1 Å². The minimum atomic E-state index is 0.766. The highest BCUT2D eigenvalue weighted by atomic mass is 35.5. The van der Waals surface area contributed by atoms with E-state index < -0.39 is 0 Å². The van der Waals surface area contributed by atoms with Gasteiger partial charge in [-0.05, 0) is 62.4 Å². The van der Waals surface area contributed by atoms with E-state index in [1.807, 2.05) is 18.3 Å². The van der Waals surface area contributed by atoms with Crippen molar-refractivity contribution in [3.63, 3.8) is 0 Å². The fourth-order valence-corrected chi connectivity index (χ4v) is 4.44. The summed E-state index contributed by atoms with van der Waals surface area (Å²) in [4.78, 5) is 7.23. The van der Waals surface area contributed by atoms with E-state index in [-0.39, 0.29) is 0 Å². The molecule has 31 heavy (non-hydrogen) atoms. The molecule has 0 radical (unpaired) electrons. The second-order valence-electron chi connectivity index (χ2n) is 7.94. The quantitative estimate of drug-likeness (QED) is 0.324. The fraction of sp³-hybridized carbons (Fsp3) is 0.346. The summed E-state index contributed by atoms with van der Waals surface area (Å²) in [5, 5.41) is 6.92. The van der Waals surface area contributed by atoms with Crippen LogP contribution in [0.15, 0.2) is 60.8 Å². The van der Waals surface area contributed by atoms with Crippen LogP contribution in [0, 0.1) is 0 Å². The van der Waals surface area contributed by atoms with E-state index in [0.717, 1.165) is 56.4 Å². The van der Waals surface area contributed by atoms with E-state index >= 15 is 0 Å². The highest BCUT2D eigenvalue weighted by molar-refractivity contribution is 6.30. The Hall–Kier alpha value is -2.40. The molecule has 2 aromatic carbocycles. The van der Waals surface area contributed by atoms with Crippen LogP contribution in [0.3, 0.4) is 0 Å². The molecule has 0 amide bonds. The lowest BCUT2D eigenvalue weighted by Crippen LogP contribution is -2.27. The van der Waals surface area contributed by atoms with E-state index in [9.17, 15) is 0 Å². The molecule has 4 rings (SSSR count). The molecule has 0 aliphatic carbocycles. The third kappa shape index (κ3) is 4.93. The summed E-state index contributed by atoms with van der Waals surface area (Å²) in [5.41, 5.74) is 4.79. The highest BCUT2D eigenvalue weighted by Crippen LogP contribution is 2.31. The third-order valence-electron chi connectivity index (χ3n) is 6.02. The third-order valence-corrected chi connectivity index (χ3v) is 6.28. The molecular formula is C26H31ClN4. The summed E-state index contributed by atoms with van der Waals surface area (Å²) in [7, 11) is 0. The second kappa shape index (κ2) is 10.3. The maximum absolute atomic E-state index is 6.10. The van der Waals surface area contributed by atoms with Gasteiger partial charge >= 0.3 is 0 Å². The standard InChI is InChI=1S/C26H31ClN4/c1-3-30(4-2)17-7-15-28-18-24-26-23(14-16-29-24)22-8-5-6-9-25(22)31(26)19-20-10-12-21(27)13-11-20/h5-6,8-14,16,28H,3-4,7,15,17-19H2,1-2H3. The van der Waals surface area contributed by atoms with Crippen molar-refractivity contribution in [2.45, 2.75) is 33.4 Å². The van der Waals surface area contributed by atoms with Crippen molar-refractivity contribution in [1.82, 2.24) is 19.8 Å². The molecule has 4 aromatic rings. The van der Waals surface area contributed by atoms with Crippen LogP contribution in [-0.4, -0.2) is 40.6 Å². The lowest BCUT2D eigenvalue weighted by atomic mass is 10.1. The first kappa shape index (κ1) is 21.8. The van der Waals surface area contributed by atoms with Crippen molar-refractivity contribution in [2.75, 3.05) is 26.2 Å². The topological polar surface area (TPSA) is 33.1 Å². The van der Waals surface area contributed by atoms with Crippen LogP contribution in [0.1, 0.15) is 31.5 Å². The van der Waals surface area contributed by atoms with E-state index in [1.54, 1.807) is 0 Å². The lowest BCUT2D eigenvalue weighted by molar-refractivity contribution is 0.298. The van der Waals surface area contributed by atoms with Gasteiger partial charge in [0.1, 0.15) is 0 Å². The van der Waals surface area contributed by atoms with Gasteiger partial charge in [-0.15, -0.1) is 0 Å². The van der Waals surface area contributed by atoms with Crippen molar-refractivity contribution in [2.24, 2.45) is 0 Å². The summed E-state index contributed by atoms with van der Waals surface area (Å²) >= 11 is 6.10. The molecule has 0 aliphatic heterocycles. The summed E-state index contributed by atoms with van der Waals surface area (Å²) in [6, 6.07) is 18.9. The number of aromatic nitrogens is 2. The van der Waals surface area contributed by atoms with Gasteiger partial charge in [0.25, 0.3) is 0 Å². The average molecular weight is 435 g/mol. The van der Waals surface area contributed by atoms with Crippen molar-refractivity contribution < 1.29 is 0 Å². The number of rotatable bonds is 10. The molecule has 0 bridgehead atoms. The molecule has 0 atom stereocenters. The molecule has 0 unspecified atom stereocenters. The summed E-state index contributed by atoms with van der Waals surface area (Å²) in [5.74, 6) is 0. The van der Waals surface area contributed by atoms with Gasteiger partial charge in [0.15, 0.2) is 0 Å². The molecule has 0 aliphatic rings. The van der Waals surface area contributed by atoms with Crippen LogP contribution >= 0.6 is 11.6 Å². The van der Waals surface area contributed by atoms with Gasteiger partial charge < -0.3 is 14.8 Å². The Morgan fingerprint density at radius 2 is 1.74 bits per heavy atom. The van der Waals surface area contributed by atoms with Gasteiger partial charge in [0.2, 0.25) is 0 Å². The number of nitrogens with one attached hydrogen (secondary N) is 1. The predicted molar refractivity (Wildman–Crippen MR) is 132 cm³/mol. The van der Waals surface area contributed by atoms with Gasteiger partial charge in [-0.2, -0.15) is 0 Å². The number of hydrogen-bond donors (Lipinski definition) is 1. The van der Waals surface area contributed by atoms with E-state index in [2.05, 4.69) is 71.1 Å². The Balaban J connectivity index is 1.61. The van der Waals surface area contributed by atoms with Gasteiger partial charge in [-0.25, -0.2) is 0 Å². The van der Waals surface area contributed by atoms with Gasteiger partial charge in [0, 0.05) is 40.6 Å². The first-order chi connectivity index (χ1) is 15.2. The number of pyridine rings is 1. The van der Waals surface area contributed by atoms with Gasteiger partial charge in [-0.1, -0.05) is 55.8 Å². The number of fused-ring (bicyclic) bond motifs is 3. The summed E-state index contributed by atoms with van der Waals surface area (Å²) < 4.78 is 2.40. The van der Waals surface area contributed by atoms with Crippen LogP contribution in [0.5, 0.6) is 0 Å². The number of benzene rings is 2. The SMILES string of the molecule is CCN(CC)CCCNCc1nccc2c3ccccc3n(Cc3ccc(Cl)cc3)c12. The molecule has 5 heteroatoms. The second-order valence-corrected chi connectivity index (χ2v) is 8.38. The van der Waals surface area contributed by atoms with Gasteiger partial charge in [-0.3, -0.25) is 4.98 Å². The maximum Gasteiger partial charge on any atom is 0.0784 e. The van der Waals surface area contributed by atoms with Crippen LogP contribution in [0.2, 0.25) is 5.02 Å². The first-order valence-electron chi connectivity index (χ1n) is 11.2. The molecule has 4 nitrogen and oxygen atoms in total. The largest absolute Gasteiger partial charge is 0.334 e. The van der Waals surface area contributed by atoms with Crippen LogP contribution < -0.4 is 5.32 Å². The van der Waals surface area contributed by atoms with Crippen molar-refractivity contribution in [3.8, 4) is 0 Å². The smallest absolute Gasteiger partial charge is 0.0784 e. The zero-order chi connectivity index (χ0) is 21.6. The van der Waals surface area contributed by atoms with Crippen LogP contribution in [0.4, 0.5) is 0 Å². The number of nitrogens with zero attached hydrogens (tertiary/aromatic N) is 3. The van der Waals surface area contributed by atoms with Crippen molar-refractivity contribution >= 4 is 33.4 Å². The first-order valence-corrected chi connectivity index (χ1v) is 11.6. The monoisotopic (exact) mass is 434 g/mol. The summed E-state index contributed by atoms with van der Waals surface area (Å²) in [6.07, 6.45) is 3.08.